The minimum absolute atomic E-state index is 0.0590. The highest BCUT2D eigenvalue weighted by Gasteiger charge is 2.41. The van der Waals surface area contributed by atoms with Crippen molar-refractivity contribution < 1.29 is 18.5 Å². The molecule has 0 aliphatic heterocycles. The Morgan fingerprint density at radius 1 is 1.24 bits per heavy atom. The van der Waals surface area contributed by atoms with E-state index in [-0.39, 0.29) is 17.0 Å². The third-order valence-electron chi connectivity index (χ3n) is 3.34. The van der Waals surface area contributed by atoms with Crippen molar-refractivity contribution in [3.05, 3.63) is 34.6 Å². The lowest BCUT2D eigenvalue weighted by Gasteiger charge is -2.35. The molecule has 0 fully saturated rings. The van der Waals surface area contributed by atoms with Gasteiger partial charge >= 0.3 is 5.97 Å². The maximum atomic E-state index is 14.6. The number of hydrogen-bond acceptors (Lipinski definition) is 4. The summed E-state index contributed by atoms with van der Waals surface area (Å²) in [6.45, 7) is 12.2. The van der Waals surface area contributed by atoms with E-state index >= 15 is 0 Å². The molecule has 0 saturated carbocycles. The molecule has 0 radical (unpaired) electrons. The van der Waals surface area contributed by atoms with Crippen LogP contribution >= 0.6 is 11.6 Å². The van der Waals surface area contributed by atoms with E-state index < -0.39 is 39.0 Å². The summed E-state index contributed by atoms with van der Waals surface area (Å²) < 4.78 is 34.9. The van der Waals surface area contributed by atoms with Crippen LogP contribution in [0.15, 0.2) is 18.2 Å². The van der Waals surface area contributed by atoms with Crippen LogP contribution in [0, 0.1) is 5.82 Å². The largest absolute Gasteiger partial charge is 0.598 e. The summed E-state index contributed by atoms with van der Waals surface area (Å²) in [6, 6.07) is 4.54. The van der Waals surface area contributed by atoms with E-state index in [1.165, 1.54) is 12.1 Å². The molecule has 0 aromatic heterocycles. The fourth-order valence-corrected chi connectivity index (χ4v) is 3.21. The minimum atomic E-state index is -1.53. The average Bonchev–Trinajstić information content (AvgIpc) is 2.37. The van der Waals surface area contributed by atoms with Crippen LogP contribution in [0.4, 0.5) is 4.39 Å². The van der Waals surface area contributed by atoms with Gasteiger partial charge in [-0.1, -0.05) is 23.7 Å². The van der Waals surface area contributed by atoms with Gasteiger partial charge < -0.3 is 9.29 Å². The van der Waals surface area contributed by atoms with Crippen LogP contribution < -0.4 is 4.72 Å². The topological polar surface area (TPSA) is 61.4 Å². The Morgan fingerprint density at radius 3 is 2.28 bits per heavy atom. The summed E-state index contributed by atoms with van der Waals surface area (Å²) in [5.74, 6) is -1.17. The highest BCUT2D eigenvalue weighted by Crippen LogP contribution is 2.33. The number of ether oxygens (including phenoxy) is 1. The number of esters is 1. The molecule has 0 aliphatic carbocycles. The number of benzene rings is 1. The number of halogens is 2. The molecule has 25 heavy (non-hydrogen) atoms. The van der Waals surface area contributed by atoms with E-state index in [0.717, 1.165) is 0 Å². The van der Waals surface area contributed by atoms with Crippen LogP contribution in [-0.4, -0.2) is 20.9 Å². The molecule has 0 saturated heterocycles. The summed E-state index contributed by atoms with van der Waals surface area (Å²) in [6.07, 6.45) is -0.191. The van der Waals surface area contributed by atoms with Gasteiger partial charge in [0.2, 0.25) is 0 Å². The number of carbonyl (C=O) groups excluding carboxylic acids is 1. The Hall–Kier alpha value is -0.820. The first-order valence-corrected chi connectivity index (χ1v) is 9.54. The number of hydrogen-bond donors (Lipinski definition) is 1. The van der Waals surface area contributed by atoms with Crippen LogP contribution in [0.2, 0.25) is 5.02 Å². The summed E-state index contributed by atoms with van der Waals surface area (Å²) in [5.41, 5.74) is -1.74. The molecule has 0 aliphatic rings. The van der Waals surface area contributed by atoms with Gasteiger partial charge in [0, 0.05) is 16.9 Å². The van der Waals surface area contributed by atoms with Gasteiger partial charge in [-0.25, -0.2) is 4.39 Å². The molecule has 0 amide bonds. The Bertz CT molecular complexity index is 628. The fraction of sp³-hybridized carbons (Fsp3) is 0.611. The number of carbonyl (C=O) groups is 1. The van der Waals surface area contributed by atoms with Crippen molar-refractivity contribution in [1.29, 1.82) is 0 Å². The van der Waals surface area contributed by atoms with E-state index in [9.17, 15) is 13.7 Å². The third-order valence-corrected chi connectivity index (χ3v) is 5.38. The Balaban J connectivity index is 3.26. The standard InChI is InChI=1S/C18H27ClFNO3S/c1-16(2,3)24-14(22)11-18(7,21-25(23)17(4,5)6)12-9-8-10-13(19)15(12)20/h8-10,21H,11H2,1-7H3/t18-,25?/m0/s1. The van der Waals surface area contributed by atoms with Crippen molar-refractivity contribution in [3.8, 4) is 0 Å². The zero-order valence-electron chi connectivity index (χ0n) is 15.8. The minimum Gasteiger partial charge on any atom is -0.598 e. The predicted octanol–water partition coefficient (Wildman–Crippen LogP) is 4.48. The van der Waals surface area contributed by atoms with Crippen molar-refractivity contribution >= 4 is 28.9 Å². The molecule has 1 unspecified atom stereocenters. The van der Waals surface area contributed by atoms with Crippen LogP contribution in [0.5, 0.6) is 0 Å². The molecule has 142 valence electrons. The average molecular weight is 392 g/mol. The first-order valence-electron chi connectivity index (χ1n) is 8.02. The molecule has 1 N–H and O–H groups in total. The maximum absolute atomic E-state index is 14.6. The van der Waals surface area contributed by atoms with E-state index in [0.29, 0.717) is 0 Å². The fourth-order valence-electron chi connectivity index (χ4n) is 2.14. The second-order valence-corrected chi connectivity index (χ2v) is 10.6. The first-order chi connectivity index (χ1) is 11.2. The Labute approximate surface area is 157 Å². The highest BCUT2D eigenvalue weighted by atomic mass is 35.5. The Morgan fingerprint density at radius 2 is 1.80 bits per heavy atom. The van der Waals surface area contributed by atoms with Crippen molar-refractivity contribution in [3.63, 3.8) is 0 Å². The molecule has 1 aromatic rings. The molecular weight excluding hydrogens is 365 g/mol. The SMILES string of the molecule is CC(C)(C)OC(=O)C[C@](C)(N[S+]([O-])C(C)(C)C)c1cccc(Cl)c1F. The summed E-state index contributed by atoms with van der Waals surface area (Å²) >= 11 is 4.37. The van der Waals surface area contributed by atoms with Crippen LogP contribution in [0.25, 0.3) is 0 Å². The lowest BCUT2D eigenvalue weighted by molar-refractivity contribution is -0.156. The molecule has 0 bridgehead atoms. The van der Waals surface area contributed by atoms with Crippen molar-refractivity contribution in [2.45, 2.75) is 70.8 Å². The van der Waals surface area contributed by atoms with Gasteiger partial charge in [0.25, 0.3) is 0 Å². The maximum Gasteiger partial charge on any atom is 0.308 e. The van der Waals surface area contributed by atoms with Crippen molar-refractivity contribution in [1.82, 2.24) is 4.72 Å². The molecular formula is C18H27ClFNO3S. The van der Waals surface area contributed by atoms with Gasteiger partial charge in [0.05, 0.1) is 17.0 Å². The van der Waals surface area contributed by atoms with Gasteiger partial charge in [-0.15, -0.1) is 4.72 Å². The van der Waals surface area contributed by atoms with E-state index in [1.807, 2.05) is 0 Å². The number of rotatable bonds is 5. The van der Waals surface area contributed by atoms with Crippen molar-refractivity contribution in [2.75, 3.05) is 0 Å². The monoisotopic (exact) mass is 391 g/mol. The van der Waals surface area contributed by atoms with E-state index in [2.05, 4.69) is 4.72 Å². The summed E-state index contributed by atoms with van der Waals surface area (Å²) in [7, 11) is 0. The van der Waals surface area contributed by atoms with E-state index in [1.54, 1.807) is 54.5 Å². The summed E-state index contributed by atoms with van der Waals surface area (Å²) in [5, 5.41) is -0.0590. The van der Waals surface area contributed by atoms with Crippen LogP contribution in [0.1, 0.15) is 60.5 Å². The van der Waals surface area contributed by atoms with Gasteiger partial charge in [0.15, 0.2) is 0 Å². The number of nitrogens with one attached hydrogen (secondary N) is 1. The lowest BCUT2D eigenvalue weighted by Crippen LogP contribution is -2.51. The molecule has 0 heterocycles. The zero-order chi connectivity index (χ0) is 19.6. The van der Waals surface area contributed by atoms with Gasteiger partial charge in [-0.05, 0) is 54.5 Å². The zero-order valence-corrected chi connectivity index (χ0v) is 17.4. The van der Waals surface area contributed by atoms with Gasteiger partial charge in [-0.2, -0.15) is 0 Å². The highest BCUT2D eigenvalue weighted by molar-refractivity contribution is 7.90. The Kier molecular flexibility index (Phi) is 6.95. The van der Waals surface area contributed by atoms with Crippen molar-refractivity contribution in [2.24, 2.45) is 0 Å². The molecule has 1 aromatic carbocycles. The molecule has 2 atom stereocenters. The quantitative estimate of drug-likeness (QED) is 0.593. The smallest absolute Gasteiger partial charge is 0.308 e. The van der Waals surface area contributed by atoms with Crippen LogP contribution in [0.3, 0.4) is 0 Å². The lowest BCUT2D eigenvalue weighted by atomic mass is 9.89. The normalized spacial score (nSPS) is 16.2. The second-order valence-electron chi connectivity index (χ2n) is 8.18. The first kappa shape index (κ1) is 22.2. The van der Waals surface area contributed by atoms with Crippen LogP contribution in [-0.2, 0) is 26.4 Å². The second kappa shape index (κ2) is 7.82. The third kappa shape index (κ3) is 6.44. The molecule has 0 spiro atoms. The van der Waals surface area contributed by atoms with E-state index in [4.69, 9.17) is 16.3 Å². The summed E-state index contributed by atoms with van der Waals surface area (Å²) in [4.78, 5) is 12.4. The molecule has 1 rings (SSSR count). The van der Waals surface area contributed by atoms with Gasteiger partial charge in [-0.3, -0.25) is 4.79 Å². The van der Waals surface area contributed by atoms with Gasteiger partial charge in [0.1, 0.15) is 16.2 Å². The molecule has 4 nitrogen and oxygen atoms in total. The molecule has 7 heteroatoms. The predicted molar refractivity (Wildman–Crippen MR) is 100 cm³/mol.